The number of aryl methyl sites for hydroxylation is 1. The minimum Gasteiger partial charge on any atom is -0.508 e. The number of hydrogen-bond donors (Lipinski definition) is 3. The summed E-state index contributed by atoms with van der Waals surface area (Å²) in [6.45, 7) is 3.52. The lowest BCUT2D eigenvalue weighted by Crippen LogP contribution is -2.23. The van der Waals surface area contributed by atoms with Crippen molar-refractivity contribution in [3.8, 4) is 5.75 Å². The van der Waals surface area contributed by atoms with Gasteiger partial charge in [-0.1, -0.05) is 17.7 Å². The Labute approximate surface area is 77.8 Å². The lowest BCUT2D eigenvalue weighted by atomic mass is 10.0. The molecule has 0 radical (unpaired) electrons. The van der Waals surface area contributed by atoms with E-state index in [4.69, 9.17) is 5.73 Å². The summed E-state index contributed by atoms with van der Waals surface area (Å²) in [4.78, 5) is 0. The first-order valence-electron chi connectivity index (χ1n) is 4.25. The molecule has 72 valence electrons. The second kappa shape index (κ2) is 3.77. The van der Waals surface area contributed by atoms with Gasteiger partial charge in [-0.15, -0.1) is 0 Å². The highest BCUT2D eigenvalue weighted by molar-refractivity contribution is 5.38. The summed E-state index contributed by atoms with van der Waals surface area (Å²) in [7, 11) is 0. The van der Waals surface area contributed by atoms with Crippen molar-refractivity contribution in [2.45, 2.75) is 26.0 Å². The number of aliphatic hydroxyl groups excluding tert-OH is 1. The topological polar surface area (TPSA) is 66.5 Å². The highest BCUT2D eigenvalue weighted by atomic mass is 16.3. The van der Waals surface area contributed by atoms with Gasteiger partial charge in [0.2, 0.25) is 0 Å². The van der Waals surface area contributed by atoms with E-state index in [-0.39, 0.29) is 5.75 Å². The monoisotopic (exact) mass is 181 g/mol. The van der Waals surface area contributed by atoms with Crippen LogP contribution < -0.4 is 5.73 Å². The molecule has 0 bridgehead atoms. The van der Waals surface area contributed by atoms with Crippen LogP contribution in [-0.2, 0) is 0 Å². The third-order valence-electron chi connectivity index (χ3n) is 2.06. The van der Waals surface area contributed by atoms with E-state index < -0.39 is 12.1 Å². The van der Waals surface area contributed by atoms with Gasteiger partial charge in [-0.2, -0.15) is 0 Å². The first-order chi connectivity index (χ1) is 6.02. The molecule has 0 aliphatic rings. The summed E-state index contributed by atoms with van der Waals surface area (Å²) in [6.07, 6.45) is -0.660. The van der Waals surface area contributed by atoms with E-state index in [0.717, 1.165) is 5.56 Å². The molecule has 0 spiro atoms. The van der Waals surface area contributed by atoms with Crippen LogP contribution in [0.3, 0.4) is 0 Å². The average Bonchev–Trinajstić information content (AvgIpc) is 2.08. The standard InChI is InChI=1S/C10H15NO2/c1-6-3-4-9(13)8(5-6)10(11)7(2)12/h3-5,7,10,12-13H,11H2,1-2H3/t7-,10+/m0/s1. The molecule has 0 fully saturated rings. The second-order valence-corrected chi connectivity index (χ2v) is 3.33. The molecule has 0 aliphatic heterocycles. The fourth-order valence-electron chi connectivity index (χ4n) is 1.20. The summed E-state index contributed by atoms with van der Waals surface area (Å²) in [5.41, 5.74) is 7.31. The SMILES string of the molecule is Cc1ccc(O)c([C@H](N)[C@H](C)O)c1. The molecule has 2 atom stereocenters. The average molecular weight is 181 g/mol. The van der Waals surface area contributed by atoms with Crippen LogP contribution in [0.25, 0.3) is 0 Å². The Kier molecular flexibility index (Phi) is 2.90. The van der Waals surface area contributed by atoms with Crippen molar-refractivity contribution in [2.75, 3.05) is 0 Å². The van der Waals surface area contributed by atoms with Crippen molar-refractivity contribution >= 4 is 0 Å². The van der Waals surface area contributed by atoms with E-state index in [2.05, 4.69) is 0 Å². The maximum absolute atomic E-state index is 9.46. The lowest BCUT2D eigenvalue weighted by Gasteiger charge is -2.16. The van der Waals surface area contributed by atoms with Gasteiger partial charge in [-0.3, -0.25) is 0 Å². The second-order valence-electron chi connectivity index (χ2n) is 3.33. The van der Waals surface area contributed by atoms with E-state index in [1.165, 1.54) is 0 Å². The largest absolute Gasteiger partial charge is 0.508 e. The Bertz CT molecular complexity index is 297. The van der Waals surface area contributed by atoms with Crippen molar-refractivity contribution in [1.82, 2.24) is 0 Å². The van der Waals surface area contributed by atoms with Gasteiger partial charge in [0, 0.05) is 5.56 Å². The van der Waals surface area contributed by atoms with Gasteiger partial charge in [0.15, 0.2) is 0 Å². The Hall–Kier alpha value is -1.06. The molecule has 1 aromatic carbocycles. The summed E-state index contributed by atoms with van der Waals surface area (Å²) in [6, 6.07) is 4.65. The molecule has 0 aromatic heterocycles. The van der Waals surface area contributed by atoms with Gasteiger partial charge in [-0.05, 0) is 19.9 Å². The zero-order valence-corrected chi connectivity index (χ0v) is 7.86. The quantitative estimate of drug-likeness (QED) is 0.639. The van der Waals surface area contributed by atoms with E-state index in [1.807, 2.05) is 6.92 Å². The molecule has 13 heavy (non-hydrogen) atoms. The predicted molar refractivity (Wildman–Crippen MR) is 51.5 cm³/mol. The van der Waals surface area contributed by atoms with E-state index in [9.17, 15) is 10.2 Å². The molecule has 0 amide bonds. The number of rotatable bonds is 2. The number of aliphatic hydroxyl groups is 1. The first-order valence-corrected chi connectivity index (χ1v) is 4.25. The number of aromatic hydroxyl groups is 1. The number of nitrogens with two attached hydrogens (primary N) is 1. The number of benzene rings is 1. The van der Waals surface area contributed by atoms with Crippen molar-refractivity contribution in [3.63, 3.8) is 0 Å². The summed E-state index contributed by atoms with van der Waals surface area (Å²) in [5, 5.41) is 18.7. The first kappa shape index (κ1) is 10.0. The van der Waals surface area contributed by atoms with Crippen molar-refractivity contribution in [1.29, 1.82) is 0 Å². The van der Waals surface area contributed by atoms with Crippen LogP contribution in [0, 0.1) is 6.92 Å². The van der Waals surface area contributed by atoms with Gasteiger partial charge in [0.05, 0.1) is 12.1 Å². The zero-order valence-electron chi connectivity index (χ0n) is 7.86. The maximum Gasteiger partial charge on any atom is 0.120 e. The van der Waals surface area contributed by atoms with Gasteiger partial charge in [-0.25, -0.2) is 0 Å². The number of phenols is 1. The van der Waals surface area contributed by atoms with Crippen molar-refractivity contribution in [3.05, 3.63) is 29.3 Å². The molecule has 0 saturated heterocycles. The van der Waals surface area contributed by atoms with Crippen LogP contribution in [0.4, 0.5) is 0 Å². The Balaban J connectivity index is 3.05. The minimum absolute atomic E-state index is 0.138. The van der Waals surface area contributed by atoms with Crippen LogP contribution >= 0.6 is 0 Å². The fraction of sp³-hybridized carbons (Fsp3) is 0.400. The third kappa shape index (κ3) is 2.20. The van der Waals surface area contributed by atoms with Crippen LogP contribution in [0.5, 0.6) is 5.75 Å². The minimum atomic E-state index is -0.660. The zero-order chi connectivity index (χ0) is 10.0. The smallest absolute Gasteiger partial charge is 0.120 e. The molecule has 1 aromatic rings. The molecule has 1 rings (SSSR count). The number of phenolic OH excluding ortho intramolecular Hbond substituents is 1. The molecule has 3 heteroatoms. The summed E-state index contributed by atoms with van der Waals surface area (Å²) >= 11 is 0. The third-order valence-corrected chi connectivity index (χ3v) is 2.06. The van der Waals surface area contributed by atoms with Crippen LogP contribution in [0.2, 0.25) is 0 Å². The van der Waals surface area contributed by atoms with Gasteiger partial charge in [0.25, 0.3) is 0 Å². The summed E-state index contributed by atoms with van der Waals surface area (Å²) < 4.78 is 0. The van der Waals surface area contributed by atoms with Gasteiger partial charge in [0.1, 0.15) is 5.75 Å². The van der Waals surface area contributed by atoms with Crippen molar-refractivity contribution in [2.24, 2.45) is 5.73 Å². The number of hydrogen-bond acceptors (Lipinski definition) is 3. The van der Waals surface area contributed by atoms with E-state index >= 15 is 0 Å². The highest BCUT2D eigenvalue weighted by Crippen LogP contribution is 2.25. The Morgan fingerprint density at radius 1 is 1.38 bits per heavy atom. The molecule has 3 nitrogen and oxygen atoms in total. The van der Waals surface area contributed by atoms with Crippen LogP contribution in [-0.4, -0.2) is 16.3 Å². The summed E-state index contributed by atoms with van der Waals surface area (Å²) in [5.74, 6) is 0.138. The van der Waals surface area contributed by atoms with Crippen LogP contribution in [0.1, 0.15) is 24.1 Å². The fourth-order valence-corrected chi connectivity index (χ4v) is 1.20. The van der Waals surface area contributed by atoms with Gasteiger partial charge >= 0.3 is 0 Å². The lowest BCUT2D eigenvalue weighted by molar-refractivity contribution is 0.163. The Morgan fingerprint density at radius 2 is 2.00 bits per heavy atom. The molecular formula is C10H15NO2. The van der Waals surface area contributed by atoms with Gasteiger partial charge < -0.3 is 15.9 Å². The van der Waals surface area contributed by atoms with Crippen LogP contribution in [0.15, 0.2) is 18.2 Å². The highest BCUT2D eigenvalue weighted by Gasteiger charge is 2.15. The maximum atomic E-state index is 9.46. The molecule has 4 N–H and O–H groups in total. The van der Waals surface area contributed by atoms with E-state index in [0.29, 0.717) is 5.56 Å². The van der Waals surface area contributed by atoms with E-state index in [1.54, 1.807) is 25.1 Å². The molecule has 0 heterocycles. The molecule has 0 aliphatic carbocycles. The molecule has 0 unspecified atom stereocenters. The Morgan fingerprint density at radius 3 is 2.54 bits per heavy atom. The molecular weight excluding hydrogens is 166 g/mol. The predicted octanol–water partition coefficient (Wildman–Crippen LogP) is 1.08. The molecule has 0 saturated carbocycles. The van der Waals surface area contributed by atoms with Crippen molar-refractivity contribution < 1.29 is 10.2 Å². The normalized spacial score (nSPS) is 15.4.